The van der Waals surface area contributed by atoms with Crippen LogP contribution >= 0.6 is 11.6 Å². The minimum Gasteiger partial charge on any atom is -0.479 e. The van der Waals surface area contributed by atoms with Crippen molar-refractivity contribution >= 4 is 29.4 Å². The number of aliphatic hydroxyl groups excluding tert-OH is 1. The number of hydrogen-bond donors (Lipinski definition) is 4. The van der Waals surface area contributed by atoms with Gasteiger partial charge in [0, 0.05) is 10.6 Å². The Labute approximate surface area is 166 Å². The number of carboxylic acid groups (broad SMARTS) is 1. The fourth-order valence-corrected chi connectivity index (χ4v) is 4.83. The fourth-order valence-electron chi connectivity index (χ4n) is 4.66. The van der Waals surface area contributed by atoms with Crippen molar-refractivity contribution in [1.29, 1.82) is 0 Å². The lowest BCUT2D eigenvalue weighted by Gasteiger charge is -2.56. The first-order valence-corrected chi connectivity index (χ1v) is 9.60. The number of ether oxygens (including phenoxy) is 1. The van der Waals surface area contributed by atoms with E-state index in [-0.39, 0.29) is 18.6 Å². The van der Waals surface area contributed by atoms with Crippen molar-refractivity contribution in [2.24, 2.45) is 0 Å². The SMILES string of the molecule is O=C(O)NC12CCC(NC(=O)[C@@H]3CC(=O)c4cc(Cl)ccc4O3)(CC1)C[C@@H]2O. The number of ketones is 1. The van der Waals surface area contributed by atoms with E-state index >= 15 is 0 Å². The molecule has 3 saturated carbocycles. The summed E-state index contributed by atoms with van der Waals surface area (Å²) >= 11 is 5.92. The Hall–Kier alpha value is -2.32. The third-order valence-electron chi connectivity index (χ3n) is 6.24. The van der Waals surface area contributed by atoms with Crippen LogP contribution in [0.15, 0.2) is 18.2 Å². The highest BCUT2D eigenvalue weighted by Crippen LogP contribution is 2.47. The molecule has 0 spiro atoms. The molecule has 1 aromatic carbocycles. The van der Waals surface area contributed by atoms with Crippen molar-refractivity contribution in [2.45, 2.75) is 61.8 Å². The molecule has 2 amide bonds. The molecular weight excluding hydrogens is 388 g/mol. The number of Topliss-reactive ketones (excluding diaryl/α,β-unsaturated/α-hetero) is 1. The molecule has 4 aliphatic rings. The molecule has 4 N–H and O–H groups in total. The van der Waals surface area contributed by atoms with Gasteiger partial charge in [0.25, 0.3) is 5.91 Å². The lowest BCUT2D eigenvalue weighted by Crippen LogP contribution is -2.70. The summed E-state index contributed by atoms with van der Waals surface area (Å²) in [5, 5.41) is 25.4. The maximum Gasteiger partial charge on any atom is 0.405 e. The molecule has 3 fully saturated rings. The Kier molecular flexibility index (Phi) is 4.50. The lowest BCUT2D eigenvalue weighted by atomic mass is 9.60. The first kappa shape index (κ1) is 19.0. The molecule has 28 heavy (non-hydrogen) atoms. The maximum absolute atomic E-state index is 12.8. The lowest BCUT2D eigenvalue weighted by molar-refractivity contribution is -0.134. The van der Waals surface area contributed by atoms with Crippen LogP contribution in [0.3, 0.4) is 0 Å². The summed E-state index contributed by atoms with van der Waals surface area (Å²) in [6, 6.07) is 4.70. The zero-order chi connectivity index (χ0) is 20.1. The first-order chi connectivity index (χ1) is 13.2. The van der Waals surface area contributed by atoms with Gasteiger partial charge in [0.1, 0.15) is 5.75 Å². The summed E-state index contributed by atoms with van der Waals surface area (Å²) in [5.41, 5.74) is -1.11. The Morgan fingerprint density at radius 1 is 1.18 bits per heavy atom. The van der Waals surface area contributed by atoms with Gasteiger partial charge in [-0.2, -0.15) is 0 Å². The van der Waals surface area contributed by atoms with Crippen LogP contribution in [0.4, 0.5) is 4.79 Å². The van der Waals surface area contributed by atoms with Crippen LogP contribution in [0, 0.1) is 0 Å². The standard InChI is InChI=1S/C19H21ClN2O6/c20-10-1-2-13-11(7-10)12(23)8-14(28-13)16(25)21-18-3-5-19(6-4-18,15(24)9-18)22-17(26)27/h1-2,7,14-15,22,24H,3-6,8-9H2,(H,21,25)(H,26,27)/t14-,15-,18?,19?/m0/s1. The molecule has 5 rings (SSSR count). The number of nitrogens with one attached hydrogen (secondary N) is 2. The molecule has 2 bridgehead atoms. The zero-order valence-corrected chi connectivity index (χ0v) is 15.8. The van der Waals surface area contributed by atoms with Crippen LogP contribution in [-0.4, -0.2) is 51.3 Å². The van der Waals surface area contributed by atoms with E-state index < -0.39 is 35.3 Å². The predicted octanol–water partition coefficient (Wildman–Crippen LogP) is 1.87. The van der Waals surface area contributed by atoms with Crippen molar-refractivity contribution < 1.29 is 29.3 Å². The third kappa shape index (κ3) is 3.20. The monoisotopic (exact) mass is 408 g/mol. The normalized spacial score (nSPS) is 33.6. The summed E-state index contributed by atoms with van der Waals surface area (Å²) < 4.78 is 5.72. The molecule has 1 aromatic rings. The number of fused-ring (bicyclic) bond motifs is 4. The number of rotatable bonds is 3. The number of benzene rings is 1. The summed E-state index contributed by atoms with van der Waals surface area (Å²) in [4.78, 5) is 36.3. The molecule has 0 aromatic heterocycles. The Balaban J connectivity index is 1.46. The van der Waals surface area contributed by atoms with Crippen LogP contribution < -0.4 is 15.4 Å². The van der Waals surface area contributed by atoms with Crippen LogP contribution in [-0.2, 0) is 4.79 Å². The van der Waals surface area contributed by atoms with E-state index in [0.717, 1.165) is 0 Å². The van der Waals surface area contributed by atoms with E-state index in [0.29, 0.717) is 42.0 Å². The maximum atomic E-state index is 12.8. The van der Waals surface area contributed by atoms with E-state index in [4.69, 9.17) is 21.4 Å². The van der Waals surface area contributed by atoms with Crippen molar-refractivity contribution in [3.05, 3.63) is 28.8 Å². The summed E-state index contributed by atoms with van der Waals surface area (Å²) in [6.07, 6.45) is -0.855. The summed E-state index contributed by atoms with van der Waals surface area (Å²) in [7, 11) is 0. The van der Waals surface area contributed by atoms with Gasteiger partial charge in [-0.1, -0.05) is 11.6 Å². The highest BCUT2D eigenvalue weighted by atomic mass is 35.5. The Morgan fingerprint density at radius 2 is 1.89 bits per heavy atom. The number of carbonyl (C=O) groups excluding carboxylic acids is 2. The fraction of sp³-hybridized carbons (Fsp3) is 0.526. The number of carbonyl (C=O) groups is 3. The second kappa shape index (κ2) is 6.63. The van der Waals surface area contributed by atoms with Gasteiger partial charge in [-0.05, 0) is 50.3 Å². The molecule has 2 atom stereocenters. The van der Waals surface area contributed by atoms with Crippen LogP contribution in [0.2, 0.25) is 5.02 Å². The van der Waals surface area contributed by atoms with E-state index in [1.165, 1.54) is 6.07 Å². The summed E-state index contributed by atoms with van der Waals surface area (Å²) in [6.45, 7) is 0. The number of aliphatic hydroxyl groups is 1. The van der Waals surface area contributed by atoms with Gasteiger partial charge < -0.3 is 25.6 Å². The van der Waals surface area contributed by atoms with Gasteiger partial charge in [0.05, 0.1) is 23.6 Å². The van der Waals surface area contributed by atoms with Crippen molar-refractivity contribution in [3.8, 4) is 5.75 Å². The second-order valence-electron chi connectivity index (χ2n) is 7.95. The molecule has 8 nitrogen and oxygen atoms in total. The Bertz CT molecular complexity index is 849. The zero-order valence-electron chi connectivity index (χ0n) is 15.0. The molecule has 0 saturated heterocycles. The van der Waals surface area contributed by atoms with Crippen LogP contribution in [0.1, 0.15) is 48.9 Å². The largest absolute Gasteiger partial charge is 0.479 e. The minimum atomic E-state index is -1.16. The number of halogens is 1. The first-order valence-electron chi connectivity index (χ1n) is 9.23. The van der Waals surface area contributed by atoms with Crippen molar-refractivity contribution in [2.75, 3.05) is 0 Å². The molecule has 1 heterocycles. The molecule has 0 unspecified atom stereocenters. The van der Waals surface area contributed by atoms with Gasteiger partial charge in [-0.15, -0.1) is 0 Å². The van der Waals surface area contributed by atoms with E-state index in [1.807, 2.05) is 0 Å². The van der Waals surface area contributed by atoms with Gasteiger partial charge in [-0.25, -0.2) is 4.79 Å². The summed E-state index contributed by atoms with van der Waals surface area (Å²) in [5.74, 6) is -0.282. The molecule has 9 heteroatoms. The van der Waals surface area contributed by atoms with Gasteiger partial charge in [0.2, 0.25) is 0 Å². The second-order valence-corrected chi connectivity index (χ2v) is 8.39. The topological polar surface area (TPSA) is 125 Å². The predicted molar refractivity (Wildman–Crippen MR) is 98.7 cm³/mol. The van der Waals surface area contributed by atoms with E-state index in [9.17, 15) is 19.5 Å². The molecule has 1 aliphatic heterocycles. The highest BCUT2D eigenvalue weighted by molar-refractivity contribution is 6.31. The van der Waals surface area contributed by atoms with Crippen molar-refractivity contribution in [1.82, 2.24) is 10.6 Å². The van der Waals surface area contributed by atoms with Gasteiger partial charge in [-0.3, -0.25) is 9.59 Å². The molecule has 150 valence electrons. The van der Waals surface area contributed by atoms with Crippen LogP contribution in [0.25, 0.3) is 0 Å². The average molecular weight is 409 g/mol. The van der Waals surface area contributed by atoms with Crippen LogP contribution in [0.5, 0.6) is 5.75 Å². The Morgan fingerprint density at radius 3 is 2.54 bits per heavy atom. The van der Waals surface area contributed by atoms with E-state index in [2.05, 4.69) is 10.6 Å². The minimum absolute atomic E-state index is 0.0810. The average Bonchev–Trinajstić information content (AvgIpc) is 2.63. The quantitative estimate of drug-likeness (QED) is 0.605. The molecule has 0 radical (unpaired) electrons. The molecular formula is C19H21ClN2O6. The molecule has 3 aliphatic carbocycles. The number of amides is 2. The third-order valence-corrected chi connectivity index (χ3v) is 6.48. The van der Waals surface area contributed by atoms with Gasteiger partial charge in [0.15, 0.2) is 11.9 Å². The number of hydrogen-bond acceptors (Lipinski definition) is 5. The van der Waals surface area contributed by atoms with Crippen molar-refractivity contribution in [3.63, 3.8) is 0 Å². The smallest absolute Gasteiger partial charge is 0.405 e. The van der Waals surface area contributed by atoms with E-state index in [1.54, 1.807) is 12.1 Å². The highest BCUT2D eigenvalue weighted by Gasteiger charge is 2.56. The van der Waals surface area contributed by atoms with Gasteiger partial charge >= 0.3 is 6.09 Å².